The maximum Gasteiger partial charge on any atom is 0.150 e. The third-order valence-corrected chi connectivity index (χ3v) is 1.91. The molecule has 0 unspecified atom stereocenters. The lowest BCUT2D eigenvalue weighted by atomic mass is 10.1. The molecular weight excluding hydrogens is 164 g/mol. The molecule has 0 spiro atoms. The summed E-state index contributed by atoms with van der Waals surface area (Å²) in [6, 6.07) is 5.54. The third kappa shape index (κ3) is 2.31. The van der Waals surface area contributed by atoms with Crippen molar-refractivity contribution in [3.8, 4) is 5.75 Å². The molecule has 0 amide bonds. The zero-order valence-electron chi connectivity index (χ0n) is 8.04. The van der Waals surface area contributed by atoms with Crippen LogP contribution in [0.4, 0.5) is 0 Å². The Bertz CT molecular complexity index is 292. The summed E-state index contributed by atoms with van der Waals surface area (Å²) in [6.07, 6.45) is 1.76. The third-order valence-electron chi connectivity index (χ3n) is 1.91. The zero-order chi connectivity index (χ0) is 9.68. The van der Waals surface area contributed by atoms with Gasteiger partial charge in [0.05, 0.1) is 6.61 Å². The lowest BCUT2D eigenvalue weighted by molar-refractivity contribution is 0.112. The van der Waals surface area contributed by atoms with E-state index in [0.29, 0.717) is 12.2 Å². The Hall–Kier alpha value is -1.31. The van der Waals surface area contributed by atoms with Gasteiger partial charge in [-0.1, -0.05) is 19.1 Å². The average Bonchev–Trinajstić information content (AvgIpc) is 2.18. The fraction of sp³-hybridized carbons (Fsp3) is 0.364. The minimum absolute atomic E-state index is 0.634. The predicted octanol–water partition coefficient (Wildman–Crippen LogP) is 2.46. The van der Waals surface area contributed by atoms with E-state index in [9.17, 15) is 4.79 Å². The molecule has 1 aromatic rings. The van der Waals surface area contributed by atoms with Crippen molar-refractivity contribution in [2.75, 3.05) is 6.61 Å². The van der Waals surface area contributed by atoms with Crippen LogP contribution in [-0.4, -0.2) is 12.9 Å². The summed E-state index contributed by atoms with van der Waals surface area (Å²) in [5, 5.41) is 0. The SMILES string of the molecule is CCOc1cc(C=O)ccc1CC. The van der Waals surface area contributed by atoms with Crippen molar-refractivity contribution in [3.63, 3.8) is 0 Å². The van der Waals surface area contributed by atoms with Gasteiger partial charge in [0.15, 0.2) is 0 Å². The Morgan fingerprint density at radius 3 is 2.69 bits per heavy atom. The average molecular weight is 178 g/mol. The highest BCUT2D eigenvalue weighted by atomic mass is 16.5. The van der Waals surface area contributed by atoms with Crippen LogP contribution in [0.5, 0.6) is 5.75 Å². The van der Waals surface area contributed by atoms with Crippen molar-refractivity contribution < 1.29 is 9.53 Å². The second kappa shape index (κ2) is 4.65. The van der Waals surface area contributed by atoms with Crippen LogP contribution in [0.15, 0.2) is 18.2 Å². The van der Waals surface area contributed by atoms with Crippen LogP contribution in [0.1, 0.15) is 29.8 Å². The van der Waals surface area contributed by atoms with Gasteiger partial charge < -0.3 is 4.74 Å². The lowest BCUT2D eigenvalue weighted by Gasteiger charge is -2.08. The number of carbonyl (C=O) groups is 1. The Labute approximate surface area is 78.5 Å². The van der Waals surface area contributed by atoms with Gasteiger partial charge >= 0.3 is 0 Å². The molecule has 0 saturated carbocycles. The van der Waals surface area contributed by atoms with Gasteiger partial charge in [0.1, 0.15) is 12.0 Å². The normalized spacial score (nSPS) is 9.69. The summed E-state index contributed by atoms with van der Waals surface area (Å²) >= 11 is 0. The number of hydrogen-bond donors (Lipinski definition) is 0. The van der Waals surface area contributed by atoms with Gasteiger partial charge in [-0.3, -0.25) is 4.79 Å². The maximum atomic E-state index is 10.5. The second-order valence-electron chi connectivity index (χ2n) is 2.77. The number of rotatable bonds is 4. The Morgan fingerprint density at radius 2 is 2.15 bits per heavy atom. The fourth-order valence-corrected chi connectivity index (χ4v) is 1.23. The fourth-order valence-electron chi connectivity index (χ4n) is 1.23. The highest BCUT2D eigenvalue weighted by molar-refractivity contribution is 5.75. The smallest absolute Gasteiger partial charge is 0.150 e. The lowest BCUT2D eigenvalue weighted by Crippen LogP contribution is -1.96. The molecule has 0 heterocycles. The van der Waals surface area contributed by atoms with Crippen molar-refractivity contribution in [1.82, 2.24) is 0 Å². The van der Waals surface area contributed by atoms with E-state index in [4.69, 9.17) is 4.74 Å². The summed E-state index contributed by atoms with van der Waals surface area (Å²) < 4.78 is 5.41. The molecule has 0 radical (unpaired) electrons. The topological polar surface area (TPSA) is 26.3 Å². The van der Waals surface area contributed by atoms with Crippen LogP contribution in [0.2, 0.25) is 0 Å². The summed E-state index contributed by atoms with van der Waals surface area (Å²) in [7, 11) is 0. The molecule has 2 heteroatoms. The highest BCUT2D eigenvalue weighted by Crippen LogP contribution is 2.20. The first kappa shape index (κ1) is 9.78. The number of benzene rings is 1. The Balaban J connectivity index is 3.02. The molecule has 2 nitrogen and oxygen atoms in total. The molecule has 0 aliphatic rings. The van der Waals surface area contributed by atoms with E-state index in [1.165, 1.54) is 0 Å². The molecule has 70 valence electrons. The van der Waals surface area contributed by atoms with Crippen molar-refractivity contribution in [2.45, 2.75) is 20.3 Å². The summed E-state index contributed by atoms with van der Waals surface area (Å²) in [5.74, 6) is 0.828. The van der Waals surface area contributed by atoms with Crippen LogP contribution < -0.4 is 4.74 Å². The van der Waals surface area contributed by atoms with Gasteiger partial charge in [-0.25, -0.2) is 0 Å². The molecule has 0 atom stereocenters. The van der Waals surface area contributed by atoms with E-state index in [-0.39, 0.29) is 0 Å². The van der Waals surface area contributed by atoms with Crippen molar-refractivity contribution in [3.05, 3.63) is 29.3 Å². The van der Waals surface area contributed by atoms with E-state index in [0.717, 1.165) is 24.0 Å². The molecule has 0 saturated heterocycles. The number of aldehydes is 1. The van der Waals surface area contributed by atoms with Gasteiger partial charge in [-0.05, 0) is 25.0 Å². The number of carbonyl (C=O) groups excluding carboxylic acids is 1. The summed E-state index contributed by atoms with van der Waals surface area (Å²) in [6.45, 7) is 4.64. The van der Waals surface area contributed by atoms with Gasteiger partial charge in [0.25, 0.3) is 0 Å². The van der Waals surface area contributed by atoms with Gasteiger partial charge in [-0.2, -0.15) is 0 Å². The van der Waals surface area contributed by atoms with Gasteiger partial charge in [-0.15, -0.1) is 0 Å². The highest BCUT2D eigenvalue weighted by Gasteiger charge is 2.02. The number of aryl methyl sites for hydroxylation is 1. The Kier molecular flexibility index (Phi) is 3.50. The Morgan fingerprint density at radius 1 is 1.38 bits per heavy atom. The molecule has 0 aliphatic heterocycles. The quantitative estimate of drug-likeness (QED) is 0.662. The monoisotopic (exact) mass is 178 g/mol. The zero-order valence-corrected chi connectivity index (χ0v) is 8.04. The molecule has 0 aromatic heterocycles. The first-order valence-electron chi connectivity index (χ1n) is 4.52. The van der Waals surface area contributed by atoms with E-state index in [1.807, 2.05) is 19.1 Å². The second-order valence-corrected chi connectivity index (χ2v) is 2.77. The molecular formula is C11H14O2. The molecule has 0 aliphatic carbocycles. The van der Waals surface area contributed by atoms with Crippen molar-refractivity contribution in [1.29, 1.82) is 0 Å². The molecule has 1 rings (SSSR count). The molecule has 1 aromatic carbocycles. The van der Waals surface area contributed by atoms with Crippen molar-refractivity contribution >= 4 is 6.29 Å². The van der Waals surface area contributed by atoms with Gasteiger partial charge in [0, 0.05) is 5.56 Å². The van der Waals surface area contributed by atoms with Gasteiger partial charge in [0.2, 0.25) is 0 Å². The molecule has 0 bridgehead atoms. The standard InChI is InChI=1S/C11H14O2/c1-3-10-6-5-9(8-12)7-11(10)13-4-2/h5-8H,3-4H2,1-2H3. The predicted molar refractivity (Wildman–Crippen MR) is 52.4 cm³/mol. The number of ether oxygens (including phenoxy) is 1. The van der Waals surface area contributed by atoms with Crippen LogP contribution in [-0.2, 0) is 6.42 Å². The van der Waals surface area contributed by atoms with Crippen molar-refractivity contribution in [2.24, 2.45) is 0 Å². The molecule has 0 fully saturated rings. The minimum Gasteiger partial charge on any atom is -0.494 e. The van der Waals surface area contributed by atoms with E-state index in [2.05, 4.69) is 6.92 Å². The maximum absolute atomic E-state index is 10.5. The van der Waals surface area contributed by atoms with E-state index >= 15 is 0 Å². The largest absolute Gasteiger partial charge is 0.494 e. The molecule has 0 N–H and O–H groups in total. The van der Waals surface area contributed by atoms with Crippen LogP contribution >= 0.6 is 0 Å². The minimum atomic E-state index is 0.634. The van der Waals surface area contributed by atoms with E-state index < -0.39 is 0 Å². The summed E-state index contributed by atoms with van der Waals surface area (Å²) in [4.78, 5) is 10.5. The van der Waals surface area contributed by atoms with Crippen LogP contribution in [0.3, 0.4) is 0 Å². The first-order chi connectivity index (χ1) is 6.31. The molecule has 13 heavy (non-hydrogen) atoms. The van der Waals surface area contributed by atoms with Crippen LogP contribution in [0, 0.1) is 0 Å². The van der Waals surface area contributed by atoms with Crippen LogP contribution in [0.25, 0.3) is 0 Å². The number of hydrogen-bond acceptors (Lipinski definition) is 2. The first-order valence-corrected chi connectivity index (χ1v) is 4.52. The van der Waals surface area contributed by atoms with E-state index in [1.54, 1.807) is 6.07 Å². The summed E-state index contributed by atoms with van der Waals surface area (Å²) in [5.41, 5.74) is 1.81.